The summed E-state index contributed by atoms with van der Waals surface area (Å²) in [4.78, 5) is 8.54. The quantitative estimate of drug-likeness (QED) is 0.543. The van der Waals surface area contributed by atoms with E-state index in [0.29, 0.717) is 22.0 Å². The number of sulfone groups is 1. The van der Waals surface area contributed by atoms with Gasteiger partial charge in [-0.25, -0.2) is 22.8 Å². The first kappa shape index (κ1) is 17.3. The molecule has 4 aromatic rings. The Kier molecular flexibility index (Phi) is 4.00. The van der Waals surface area contributed by atoms with Crippen molar-refractivity contribution in [2.75, 3.05) is 6.26 Å². The van der Waals surface area contributed by atoms with Crippen molar-refractivity contribution < 1.29 is 12.8 Å². The van der Waals surface area contributed by atoms with E-state index < -0.39 is 9.84 Å². The summed E-state index contributed by atoms with van der Waals surface area (Å²) < 4.78 is 39.5. The SMILES string of the molecule is Cc1ccc(F)c(-c2cnc(-n3nc(S(C)(=O)=O)c4ccccc43)nc2)c1. The summed E-state index contributed by atoms with van der Waals surface area (Å²) in [7, 11) is -3.52. The van der Waals surface area contributed by atoms with Crippen LogP contribution in [0.15, 0.2) is 59.9 Å². The second kappa shape index (κ2) is 6.24. The van der Waals surface area contributed by atoms with E-state index in [0.717, 1.165) is 11.8 Å². The van der Waals surface area contributed by atoms with Gasteiger partial charge in [-0.05, 0) is 31.2 Å². The molecule has 4 rings (SSSR count). The number of nitrogens with zero attached hydrogens (tertiary/aromatic N) is 4. The highest BCUT2D eigenvalue weighted by molar-refractivity contribution is 7.90. The smallest absolute Gasteiger partial charge is 0.222 e. The zero-order valence-electron chi connectivity index (χ0n) is 14.6. The van der Waals surface area contributed by atoms with Crippen LogP contribution in [0.2, 0.25) is 0 Å². The van der Waals surface area contributed by atoms with Crippen LogP contribution in [-0.4, -0.2) is 34.4 Å². The molecule has 0 spiro atoms. The van der Waals surface area contributed by atoms with Gasteiger partial charge in [0.2, 0.25) is 0 Å². The molecular formula is C19H15FN4O2S. The van der Waals surface area contributed by atoms with Crippen LogP contribution in [0, 0.1) is 12.7 Å². The molecule has 0 amide bonds. The van der Waals surface area contributed by atoms with Gasteiger partial charge in [0.15, 0.2) is 14.9 Å². The lowest BCUT2D eigenvalue weighted by Gasteiger charge is -2.06. The van der Waals surface area contributed by atoms with Crippen LogP contribution < -0.4 is 0 Å². The lowest BCUT2D eigenvalue weighted by molar-refractivity contribution is 0.596. The highest BCUT2D eigenvalue weighted by Crippen LogP contribution is 2.26. The number of fused-ring (bicyclic) bond motifs is 1. The molecule has 2 aromatic heterocycles. The Morgan fingerprint density at radius 3 is 2.44 bits per heavy atom. The maximum absolute atomic E-state index is 14.1. The summed E-state index contributed by atoms with van der Waals surface area (Å²) in [5, 5.41) is 4.66. The second-order valence-corrected chi connectivity index (χ2v) is 8.19. The molecule has 0 atom stereocenters. The first-order valence-corrected chi connectivity index (χ1v) is 10.0. The molecule has 0 saturated heterocycles. The van der Waals surface area contributed by atoms with Crippen LogP contribution in [0.4, 0.5) is 4.39 Å². The van der Waals surface area contributed by atoms with Crippen molar-refractivity contribution in [3.8, 4) is 17.1 Å². The summed E-state index contributed by atoms with van der Waals surface area (Å²) in [5.41, 5.74) is 2.43. The van der Waals surface area contributed by atoms with Crippen LogP contribution in [0.25, 0.3) is 28.0 Å². The largest absolute Gasteiger partial charge is 0.251 e. The lowest BCUT2D eigenvalue weighted by atomic mass is 10.1. The minimum atomic E-state index is -3.52. The van der Waals surface area contributed by atoms with Gasteiger partial charge in [0.1, 0.15) is 5.82 Å². The number of hydrogen-bond acceptors (Lipinski definition) is 5. The summed E-state index contributed by atoms with van der Waals surface area (Å²) in [6, 6.07) is 11.8. The average molecular weight is 382 g/mol. The number of halogens is 1. The molecule has 0 unspecified atom stereocenters. The van der Waals surface area contributed by atoms with Gasteiger partial charge < -0.3 is 0 Å². The van der Waals surface area contributed by atoms with E-state index in [4.69, 9.17) is 0 Å². The normalized spacial score (nSPS) is 11.8. The van der Waals surface area contributed by atoms with Gasteiger partial charge in [0, 0.05) is 35.2 Å². The van der Waals surface area contributed by atoms with Gasteiger partial charge in [-0.2, -0.15) is 9.78 Å². The maximum Gasteiger partial charge on any atom is 0.251 e. The van der Waals surface area contributed by atoms with Gasteiger partial charge in [-0.15, -0.1) is 0 Å². The van der Waals surface area contributed by atoms with Crippen LogP contribution >= 0.6 is 0 Å². The predicted octanol–water partition coefficient (Wildman–Crippen LogP) is 3.33. The van der Waals surface area contributed by atoms with Crippen molar-refractivity contribution in [1.29, 1.82) is 0 Å². The summed E-state index contributed by atoms with van der Waals surface area (Å²) >= 11 is 0. The summed E-state index contributed by atoms with van der Waals surface area (Å²) in [6.07, 6.45) is 4.10. The Balaban J connectivity index is 1.85. The lowest BCUT2D eigenvalue weighted by Crippen LogP contribution is -2.05. The van der Waals surface area contributed by atoms with Gasteiger partial charge >= 0.3 is 0 Å². The minimum absolute atomic E-state index is 0.0319. The molecule has 27 heavy (non-hydrogen) atoms. The Labute approximate surface area is 155 Å². The van der Waals surface area contributed by atoms with E-state index in [2.05, 4.69) is 15.1 Å². The van der Waals surface area contributed by atoms with Crippen LogP contribution in [0.1, 0.15) is 5.56 Å². The standard InChI is InChI=1S/C19H15FN4O2S/c1-12-7-8-16(20)15(9-12)13-10-21-19(22-11-13)24-17-6-4-3-5-14(17)18(23-24)27(2,25)26/h3-11H,1-2H3. The Morgan fingerprint density at radius 1 is 1.04 bits per heavy atom. The number of rotatable bonds is 3. The van der Waals surface area contributed by atoms with E-state index in [1.807, 2.05) is 6.92 Å². The van der Waals surface area contributed by atoms with Gasteiger partial charge in [-0.1, -0.05) is 23.8 Å². The number of aromatic nitrogens is 4. The van der Waals surface area contributed by atoms with Crippen molar-refractivity contribution >= 4 is 20.7 Å². The molecule has 0 aliphatic carbocycles. The minimum Gasteiger partial charge on any atom is -0.222 e. The molecule has 0 N–H and O–H groups in total. The zero-order chi connectivity index (χ0) is 19.2. The van der Waals surface area contributed by atoms with E-state index in [1.54, 1.807) is 36.4 Å². The second-order valence-electron chi connectivity index (χ2n) is 6.26. The third-order valence-corrected chi connectivity index (χ3v) is 5.17. The summed E-state index contributed by atoms with van der Waals surface area (Å²) in [5.74, 6) is -0.154. The van der Waals surface area contributed by atoms with Gasteiger partial charge in [0.05, 0.1) is 5.52 Å². The van der Waals surface area contributed by atoms with E-state index in [1.165, 1.54) is 23.1 Å². The molecule has 0 aliphatic rings. The molecule has 0 saturated carbocycles. The molecular weight excluding hydrogens is 367 g/mol. The van der Waals surface area contributed by atoms with Crippen molar-refractivity contribution in [2.45, 2.75) is 11.9 Å². The van der Waals surface area contributed by atoms with Crippen molar-refractivity contribution in [2.24, 2.45) is 0 Å². The molecule has 0 radical (unpaired) electrons. The Hall–Kier alpha value is -3.13. The molecule has 0 bridgehead atoms. The fourth-order valence-corrected chi connectivity index (χ4v) is 3.70. The van der Waals surface area contributed by atoms with Crippen LogP contribution in [0.5, 0.6) is 0 Å². The molecule has 0 fully saturated rings. The number of hydrogen-bond donors (Lipinski definition) is 0. The van der Waals surface area contributed by atoms with Gasteiger partial charge in [-0.3, -0.25) is 0 Å². The predicted molar refractivity (Wildman–Crippen MR) is 99.9 cm³/mol. The molecule has 6 nitrogen and oxygen atoms in total. The molecule has 2 heterocycles. The van der Waals surface area contributed by atoms with E-state index in [-0.39, 0.29) is 16.8 Å². The van der Waals surface area contributed by atoms with Gasteiger partial charge in [0.25, 0.3) is 5.95 Å². The highest BCUT2D eigenvalue weighted by Gasteiger charge is 2.20. The van der Waals surface area contributed by atoms with E-state index >= 15 is 0 Å². The van der Waals surface area contributed by atoms with Crippen LogP contribution in [0.3, 0.4) is 0 Å². The van der Waals surface area contributed by atoms with Crippen molar-refractivity contribution in [1.82, 2.24) is 19.7 Å². The third kappa shape index (κ3) is 3.08. The number of benzene rings is 2. The summed E-state index contributed by atoms with van der Waals surface area (Å²) in [6.45, 7) is 1.88. The monoisotopic (exact) mass is 382 g/mol. The molecule has 8 heteroatoms. The molecule has 0 aliphatic heterocycles. The topological polar surface area (TPSA) is 77.7 Å². The average Bonchev–Trinajstić information content (AvgIpc) is 3.04. The Morgan fingerprint density at radius 2 is 1.74 bits per heavy atom. The number of para-hydroxylation sites is 1. The zero-order valence-corrected chi connectivity index (χ0v) is 15.4. The van der Waals surface area contributed by atoms with Crippen molar-refractivity contribution in [3.05, 3.63) is 66.2 Å². The number of aryl methyl sites for hydroxylation is 1. The fourth-order valence-electron chi connectivity index (χ4n) is 2.89. The van der Waals surface area contributed by atoms with Crippen LogP contribution in [-0.2, 0) is 9.84 Å². The first-order valence-electron chi connectivity index (χ1n) is 8.11. The first-order chi connectivity index (χ1) is 12.8. The Bertz CT molecular complexity index is 1260. The maximum atomic E-state index is 14.1. The van der Waals surface area contributed by atoms with E-state index in [9.17, 15) is 12.8 Å². The fraction of sp³-hybridized carbons (Fsp3) is 0.105. The molecule has 136 valence electrons. The highest BCUT2D eigenvalue weighted by atomic mass is 32.2. The van der Waals surface area contributed by atoms with Crippen molar-refractivity contribution in [3.63, 3.8) is 0 Å². The third-order valence-electron chi connectivity index (χ3n) is 4.17. The molecule has 2 aromatic carbocycles.